The molecule has 3 fully saturated rings. The molecule has 3 heterocycles. The van der Waals surface area contributed by atoms with Crippen molar-refractivity contribution in [1.29, 1.82) is 0 Å². The number of carbonyl (C=O) groups is 10. The van der Waals surface area contributed by atoms with E-state index >= 15 is 0 Å². The molecule has 0 aromatic heterocycles. The van der Waals surface area contributed by atoms with Crippen molar-refractivity contribution in [2.45, 2.75) is 219 Å². The lowest BCUT2D eigenvalue weighted by Gasteiger charge is -2.32. The second kappa shape index (κ2) is 38.2. The van der Waals surface area contributed by atoms with Crippen LogP contribution in [-0.2, 0) is 60.8 Å². The minimum Gasteiger partial charge on any atom is -0.343 e. The van der Waals surface area contributed by atoms with Gasteiger partial charge in [0.1, 0.15) is 60.4 Å². The maximum Gasteiger partial charge on any atom is 0.245 e. The molecular weight excluding hydrogens is 1170 g/mol. The van der Waals surface area contributed by atoms with Crippen molar-refractivity contribution in [1.82, 2.24) is 52.3 Å². The summed E-state index contributed by atoms with van der Waals surface area (Å²) < 4.78 is 0. The van der Waals surface area contributed by atoms with Gasteiger partial charge in [0.15, 0.2) is 0 Å². The van der Waals surface area contributed by atoms with E-state index in [2.05, 4.69) is 42.5 Å². The maximum atomic E-state index is 14.9. The van der Waals surface area contributed by atoms with Gasteiger partial charge in [-0.1, -0.05) is 116 Å². The first-order valence-corrected chi connectivity index (χ1v) is 31.5. The zero-order chi connectivity index (χ0) is 63.0. The Hall–Kier alpha value is -6.36. The van der Waals surface area contributed by atoms with Gasteiger partial charge in [-0.05, 0) is 138 Å². The number of hydrogen-bond acceptors (Lipinski definition) is 12. The Morgan fingerprint density at radius 3 is 0.966 bits per heavy atom. The largest absolute Gasteiger partial charge is 0.343 e. The van der Waals surface area contributed by atoms with E-state index in [1.165, 1.54) is 9.80 Å². The van der Waals surface area contributed by atoms with Crippen LogP contribution >= 0.6 is 24.8 Å². The molecule has 2 aromatic rings. The van der Waals surface area contributed by atoms with Crippen LogP contribution in [0.4, 0.5) is 0 Å². The Bertz CT molecular complexity index is 2410. The summed E-state index contributed by atoms with van der Waals surface area (Å²) in [6.07, 6.45) is 4.26. The van der Waals surface area contributed by atoms with Crippen molar-refractivity contribution in [3.05, 3.63) is 71.8 Å². The predicted octanol–water partition coefficient (Wildman–Crippen LogP) is 3.63. The number of nitrogens with zero attached hydrogens (tertiary/aromatic N) is 2. The van der Waals surface area contributed by atoms with E-state index < -0.39 is 119 Å². The van der Waals surface area contributed by atoms with Crippen LogP contribution in [0.5, 0.6) is 0 Å². The van der Waals surface area contributed by atoms with Crippen LogP contribution in [0.2, 0.25) is 0 Å². The number of fused-ring (bicyclic) bond motifs is 2. The Balaban J connectivity index is 0.0000101. The van der Waals surface area contributed by atoms with Gasteiger partial charge in [0, 0.05) is 25.9 Å². The van der Waals surface area contributed by atoms with E-state index in [4.69, 9.17) is 11.5 Å². The van der Waals surface area contributed by atoms with Gasteiger partial charge in [0.2, 0.25) is 59.1 Å². The minimum absolute atomic E-state index is 0. The minimum atomic E-state index is -1.24. The molecule has 24 heteroatoms. The molecule has 0 radical (unpaired) electrons. The third-order valence-corrected chi connectivity index (χ3v) is 16.0. The highest BCUT2D eigenvalue weighted by atomic mass is 35.5. The quantitative estimate of drug-likeness (QED) is 0.0851. The van der Waals surface area contributed by atoms with Crippen molar-refractivity contribution in [2.75, 3.05) is 26.2 Å². The first-order valence-electron chi connectivity index (χ1n) is 31.5. The van der Waals surface area contributed by atoms with Crippen LogP contribution in [0.25, 0.3) is 0 Å². The fourth-order valence-electron chi connectivity index (χ4n) is 11.6. The molecule has 5 rings (SSSR count). The van der Waals surface area contributed by atoms with Gasteiger partial charge in [-0.15, -0.1) is 24.8 Å². The molecule has 0 bridgehead atoms. The molecule has 3 saturated heterocycles. The summed E-state index contributed by atoms with van der Waals surface area (Å²) in [5.41, 5.74) is 13.2. The third-order valence-electron chi connectivity index (χ3n) is 16.0. The van der Waals surface area contributed by atoms with E-state index in [1.54, 1.807) is 48.5 Å². The molecule has 492 valence electrons. The van der Waals surface area contributed by atoms with Crippen LogP contribution in [0, 0.1) is 23.7 Å². The highest BCUT2D eigenvalue weighted by molar-refractivity contribution is 6.00. The normalized spacial score (nSPS) is 25.3. The lowest BCUT2D eigenvalue weighted by atomic mass is 9.98. The van der Waals surface area contributed by atoms with Gasteiger partial charge in [-0.2, -0.15) is 0 Å². The average Bonchev–Trinajstić information content (AvgIpc) is 3.62. The number of unbranched alkanes of at least 4 members (excludes halogenated alkanes) is 2. The molecule has 3 aliphatic rings. The van der Waals surface area contributed by atoms with Crippen LogP contribution in [0.3, 0.4) is 0 Å². The standard InChI is InChI=1S/C64H100N12O10.2ClH/c1-39(2)33-47-57(79)67-45(25-15-17-29-65)55(77)73-51(35-41(5)6)63(85)76-32-20-28-54(76)62(84)72-50(38-44-23-13-10-14-24-44)60(82)70-48(34-40(3)4)58(80)68-46(26-16-18-30-66)56(78)74-52(36-42(7)8)64(86)75-31-19-27-53(75)61(83)71-49(59(81)69-47)37-43-21-11-9-12-22-43;;/h9-14,21-24,39-42,45-54H,15-20,25-38,65-66H2,1-8H3,(H,67,79)(H,68,80)(H,69,81)(H,70,82)(H,71,83)(H,72,84)(H,73,77)(H,74,78);2*1H/t45-,46-,47-,48-,49-,50-,51-,52-,53+,54+;;/m1../s1. The van der Waals surface area contributed by atoms with E-state index in [0.717, 1.165) is 0 Å². The first-order chi connectivity index (χ1) is 41.0. The molecule has 0 saturated carbocycles. The van der Waals surface area contributed by atoms with E-state index in [-0.39, 0.29) is 126 Å². The fraction of sp³-hybridized carbons (Fsp3) is 0.656. The highest BCUT2D eigenvalue weighted by Crippen LogP contribution is 2.24. The maximum absolute atomic E-state index is 14.9. The zero-order valence-electron chi connectivity index (χ0n) is 52.9. The van der Waals surface area contributed by atoms with Crippen molar-refractivity contribution in [2.24, 2.45) is 35.1 Å². The van der Waals surface area contributed by atoms with Gasteiger partial charge in [0.25, 0.3) is 0 Å². The number of rotatable bonds is 20. The lowest BCUT2D eigenvalue weighted by Crippen LogP contribution is -2.61. The molecule has 3 aliphatic heterocycles. The molecule has 10 atom stereocenters. The Labute approximate surface area is 533 Å². The Kier molecular flexibility index (Phi) is 33.0. The molecule has 0 spiro atoms. The summed E-state index contributed by atoms with van der Waals surface area (Å²) in [6.45, 7) is 16.1. The van der Waals surface area contributed by atoms with Gasteiger partial charge < -0.3 is 63.8 Å². The van der Waals surface area contributed by atoms with E-state index in [1.807, 2.05) is 67.5 Å². The topological polar surface area (TPSA) is 325 Å². The molecular formula is C64H102Cl2N12O10. The number of carbonyl (C=O) groups excluding carboxylic acids is 10. The predicted molar refractivity (Wildman–Crippen MR) is 343 cm³/mol. The van der Waals surface area contributed by atoms with Crippen LogP contribution in [0.1, 0.15) is 156 Å². The Morgan fingerprint density at radius 2 is 0.648 bits per heavy atom. The third kappa shape index (κ3) is 23.9. The summed E-state index contributed by atoms with van der Waals surface area (Å²) in [6, 6.07) is 6.47. The second-order valence-electron chi connectivity index (χ2n) is 25.3. The van der Waals surface area contributed by atoms with Crippen LogP contribution in [-0.4, -0.2) is 155 Å². The van der Waals surface area contributed by atoms with Gasteiger partial charge >= 0.3 is 0 Å². The van der Waals surface area contributed by atoms with E-state index in [0.29, 0.717) is 62.7 Å². The molecule has 12 N–H and O–H groups in total. The summed E-state index contributed by atoms with van der Waals surface area (Å²) in [5.74, 6) is -6.74. The summed E-state index contributed by atoms with van der Waals surface area (Å²) in [5, 5.41) is 23.3. The van der Waals surface area contributed by atoms with E-state index in [9.17, 15) is 47.9 Å². The molecule has 2 aromatic carbocycles. The Morgan fingerprint density at radius 1 is 0.375 bits per heavy atom. The first kappa shape index (κ1) is 75.9. The average molecular weight is 1270 g/mol. The molecule has 10 amide bonds. The van der Waals surface area contributed by atoms with Crippen molar-refractivity contribution >= 4 is 83.9 Å². The number of nitrogens with two attached hydrogens (primary N) is 2. The van der Waals surface area contributed by atoms with Crippen LogP contribution in [0.15, 0.2) is 60.7 Å². The smallest absolute Gasteiger partial charge is 0.245 e. The van der Waals surface area contributed by atoms with Crippen molar-refractivity contribution < 1.29 is 47.9 Å². The zero-order valence-corrected chi connectivity index (χ0v) is 54.6. The summed E-state index contributed by atoms with van der Waals surface area (Å²) in [7, 11) is 0. The number of nitrogens with one attached hydrogen (secondary N) is 8. The molecule has 0 aliphatic carbocycles. The van der Waals surface area contributed by atoms with Crippen LogP contribution < -0.4 is 54.0 Å². The highest BCUT2D eigenvalue weighted by Gasteiger charge is 2.43. The van der Waals surface area contributed by atoms with Gasteiger partial charge in [0.05, 0.1) is 0 Å². The lowest BCUT2D eigenvalue weighted by molar-refractivity contribution is -0.143. The molecule has 22 nitrogen and oxygen atoms in total. The molecule has 0 unspecified atom stereocenters. The van der Waals surface area contributed by atoms with Gasteiger partial charge in [-0.25, -0.2) is 0 Å². The molecule has 88 heavy (non-hydrogen) atoms. The number of halogens is 2. The van der Waals surface area contributed by atoms with Crippen molar-refractivity contribution in [3.8, 4) is 0 Å². The number of benzene rings is 2. The fourth-order valence-corrected chi connectivity index (χ4v) is 11.6. The summed E-state index contributed by atoms with van der Waals surface area (Å²) in [4.78, 5) is 150. The monoisotopic (exact) mass is 1270 g/mol. The number of amides is 10. The SMILES string of the molecule is CC(C)C[C@H]1NC(=O)[C@@H](Cc2ccccc2)NC(=O)[C@@H]2CCCN2C(=O)[C@@H](CC(C)C)NC(=O)[C@@H](CCCCN)NC(=O)[C@@H](CC(C)C)NC(=O)[C@@H](Cc2ccccc2)NC(=O)[C@@H]2CCCN2C(=O)[C@@H](CC(C)C)NC(=O)[C@@H](CCCCN)NC1=O.Cl.Cl. The van der Waals surface area contributed by atoms with Gasteiger partial charge in [-0.3, -0.25) is 47.9 Å². The second-order valence-corrected chi connectivity index (χ2v) is 25.3. The number of hydrogen-bond donors (Lipinski definition) is 10. The summed E-state index contributed by atoms with van der Waals surface area (Å²) >= 11 is 0. The van der Waals surface area contributed by atoms with Crippen molar-refractivity contribution in [3.63, 3.8) is 0 Å².